The van der Waals surface area contributed by atoms with Crippen LogP contribution >= 0.6 is 11.3 Å². The van der Waals surface area contributed by atoms with Crippen LogP contribution in [0.1, 0.15) is 28.1 Å². The molecule has 0 saturated carbocycles. The third-order valence-corrected chi connectivity index (χ3v) is 5.32. The maximum absolute atomic E-state index is 4.71. The van der Waals surface area contributed by atoms with Crippen molar-refractivity contribution in [2.75, 3.05) is 25.0 Å². The number of fused-ring (bicyclic) bond motifs is 1. The lowest BCUT2D eigenvalue weighted by Crippen LogP contribution is -2.41. The third-order valence-electron chi connectivity index (χ3n) is 4.25. The topological polar surface area (TPSA) is 40.5 Å². The first kappa shape index (κ1) is 16.0. The Morgan fingerprint density at radius 1 is 1.39 bits per heavy atom. The Hall–Kier alpha value is -1.88. The van der Waals surface area contributed by atoms with E-state index < -0.39 is 0 Å². The summed E-state index contributed by atoms with van der Waals surface area (Å²) in [4.78, 5) is 12.8. The molecule has 1 aliphatic rings. The summed E-state index contributed by atoms with van der Waals surface area (Å²) >= 11 is 1.81. The zero-order chi connectivity index (χ0) is 16.2. The highest BCUT2D eigenvalue weighted by molar-refractivity contribution is 7.11. The van der Waals surface area contributed by atoms with Crippen molar-refractivity contribution >= 4 is 23.0 Å². The largest absolute Gasteiger partial charge is 0.356 e. The number of anilines is 1. The van der Waals surface area contributed by atoms with E-state index in [1.54, 1.807) is 0 Å². The SMILES string of the molecule is CCc1nc(CCNC(=NC)N2CCc3ccccc32)sc1C. The van der Waals surface area contributed by atoms with Gasteiger partial charge in [0, 0.05) is 37.1 Å². The Balaban J connectivity index is 1.61. The number of hydrogen-bond acceptors (Lipinski definition) is 3. The van der Waals surface area contributed by atoms with Gasteiger partial charge in [0.05, 0.1) is 10.7 Å². The molecule has 4 nitrogen and oxygen atoms in total. The van der Waals surface area contributed by atoms with Crippen molar-refractivity contribution in [1.82, 2.24) is 10.3 Å². The lowest BCUT2D eigenvalue weighted by Gasteiger charge is -2.22. The molecular formula is C18H24N4S. The van der Waals surface area contributed by atoms with Crippen molar-refractivity contribution in [3.63, 3.8) is 0 Å². The molecule has 0 spiro atoms. The molecular weight excluding hydrogens is 304 g/mol. The number of para-hydroxylation sites is 1. The number of thiazole rings is 1. The van der Waals surface area contributed by atoms with Gasteiger partial charge >= 0.3 is 0 Å². The standard InChI is InChI=1S/C18H24N4S/c1-4-15-13(2)23-17(21-15)9-11-20-18(19-3)22-12-10-14-7-5-6-8-16(14)22/h5-8H,4,9-12H2,1-3H3,(H,19,20). The first-order valence-corrected chi connectivity index (χ1v) is 9.05. The van der Waals surface area contributed by atoms with E-state index in [0.29, 0.717) is 0 Å². The van der Waals surface area contributed by atoms with Crippen LogP contribution in [0.3, 0.4) is 0 Å². The van der Waals surface area contributed by atoms with Crippen molar-refractivity contribution < 1.29 is 0 Å². The molecule has 0 bridgehead atoms. The number of nitrogens with zero attached hydrogens (tertiary/aromatic N) is 3. The molecule has 0 atom stereocenters. The highest BCUT2D eigenvalue weighted by Crippen LogP contribution is 2.27. The normalized spacial score (nSPS) is 14.2. The van der Waals surface area contributed by atoms with E-state index in [-0.39, 0.29) is 0 Å². The van der Waals surface area contributed by atoms with E-state index in [9.17, 15) is 0 Å². The van der Waals surface area contributed by atoms with Crippen LogP contribution in [-0.2, 0) is 19.3 Å². The maximum Gasteiger partial charge on any atom is 0.198 e. The first-order valence-electron chi connectivity index (χ1n) is 8.24. The van der Waals surface area contributed by atoms with Gasteiger partial charge in [-0.15, -0.1) is 11.3 Å². The third kappa shape index (κ3) is 3.39. The van der Waals surface area contributed by atoms with Crippen molar-refractivity contribution in [3.05, 3.63) is 45.4 Å². The Kier molecular flexibility index (Phi) is 4.96. The molecule has 2 heterocycles. The van der Waals surface area contributed by atoms with E-state index in [1.807, 2.05) is 18.4 Å². The van der Waals surface area contributed by atoms with E-state index in [0.717, 1.165) is 38.3 Å². The Bertz CT molecular complexity index is 705. The number of rotatable bonds is 4. The predicted octanol–water partition coefficient (Wildman–Crippen LogP) is 3.19. The minimum absolute atomic E-state index is 0.863. The fraction of sp³-hybridized carbons (Fsp3) is 0.444. The quantitative estimate of drug-likeness (QED) is 0.692. The molecule has 3 rings (SSSR count). The van der Waals surface area contributed by atoms with Crippen molar-refractivity contribution in [3.8, 4) is 0 Å². The number of guanidine groups is 1. The predicted molar refractivity (Wildman–Crippen MR) is 98.8 cm³/mol. The van der Waals surface area contributed by atoms with Gasteiger partial charge < -0.3 is 10.2 Å². The molecule has 1 N–H and O–H groups in total. The van der Waals surface area contributed by atoms with Crippen LogP contribution < -0.4 is 10.2 Å². The van der Waals surface area contributed by atoms with Crippen molar-refractivity contribution in [2.45, 2.75) is 33.1 Å². The first-order chi connectivity index (χ1) is 11.2. The zero-order valence-electron chi connectivity index (χ0n) is 14.1. The van der Waals surface area contributed by atoms with Crippen LogP contribution in [0.4, 0.5) is 5.69 Å². The average molecular weight is 328 g/mol. The van der Waals surface area contributed by atoms with Crippen molar-refractivity contribution in [2.24, 2.45) is 4.99 Å². The van der Waals surface area contributed by atoms with Gasteiger partial charge in [-0.1, -0.05) is 25.1 Å². The molecule has 1 aliphatic heterocycles. The summed E-state index contributed by atoms with van der Waals surface area (Å²) in [6, 6.07) is 8.57. The van der Waals surface area contributed by atoms with E-state index in [2.05, 4.69) is 53.3 Å². The second kappa shape index (κ2) is 7.13. The van der Waals surface area contributed by atoms with Gasteiger partial charge in [-0.2, -0.15) is 0 Å². The summed E-state index contributed by atoms with van der Waals surface area (Å²) in [5.74, 6) is 0.957. The molecule has 0 aliphatic carbocycles. The van der Waals surface area contributed by atoms with Crippen molar-refractivity contribution in [1.29, 1.82) is 0 Å². The Morgan fingerprint density at radius 3 is 2.96 bits per heavy atom. The smallest absolute Gasteiger partial charge is 0.198 e. The Morgan fingerprint density at radius 2 is 2.22 bits per heavy atom. The number of benzene rings is 1. The molecule has 0 unspecified atom stereocenters. The minimum atomic E-state index is 0.863. The van der Waals surface area contributed by atoms with Crippen LogP contribution in [-0.4, -0.2) is 31.1 Å². The fourth-order valence-corrected chi connectivity index (χ4v) is 4.08. The van der Waals surface area contributed by atoms with Gasteiger partial charge in [0.15, 0.2) is 5.96 Å². The number of aromatic nitrogens is 1. The van der Waals surface area contributed by atoms with Gasteiger partial charge in [-0.25, -0.2) is 4.98 Å². The molecule has 0 fully saturated rings. The van der Waals surface area contributed by atoms with E-state index >= 15 is 0 Å². The van der Waals surface area contributed by atoms with Crippen LogP contribution in [0.15, 0.2) is 29.3 Å². The molecule has 23 heavy (non-hydrogen) atoms. The molecule has 0 radical (unpaired) electrons. The van der Waals surface area contributed by atoms with Gasteiger partial charge in [0.25, 0.3) is 0 Å². The monoisotopic (exact) mass is 328 g/mol. The lowest BCUT2D eigenvalue weighted by atomic mass is 10.2. The van der Waals surface area contributed by atoms with Crippen LogP contribution in [0.5, 0.6) is 0 Å². The number of nitrogens with one attached hydrogen (secondary N) is 1. The van der Waals surface area contributed by atoms with Crippen LogP contribution in [0.2, 0.25) is 0 Å². The summed E-state index contributed by atoms with van der Waals surface area (Å²) in [5.41, 5.74) is 3.92. The molecule has 1 aromatic carbocycles. The van der Waals surface area contributed by atoms with Crippen LogP contribution in [0, 0.1) is 6.92 Å². The maximum atomic E-state index is 4.71. The molecule has 122 valence electrons. The number of aryl methyl sites for hydroxylation is 2. The van der Waals surface area contributed by atoms with Gasteiger partial charge in [-0.05, 0) is 31.4 Å². The molecule has 1 aromatic heterocycles. The summed E-state index contributed by atoms with van der Waals surface area (Å²) in [5, 5.41) is 4.70. The zero-order valence-corrected chi connectivity index (χ0v) is 14.9. The molecule has 0 saturated heterocycles. The second-order valence-electron chi connectivity index (χ2n) is 5.72. The van der Waals surface area contributed by atoms with E-state index in [4.69, 9.17) is 4.98 Å². The number of hydrogen-bond donors (Lipinski definition) is 1. The molecule has 2 aromatic rings. The van der Waals surface area contributed by atoms with Gasteiger partial charge in [-0.3, -0.25) is 4.99 Å². The van der Waals surface area contributed by atoms with Gasteiger partial charge in [0.2, 0.25) is 0 Å². The summed E-state index contributed by atoms with van der Waals surface area (Å²) < 4.78 is 0. The van der Waals surface area contributed by atoms with Gasteiger partial charge in [0.1, 0.15) is 0 Å². The lowest BCUT2D eigenvalue weighted by molar-refractivity contribution is 0.826. The molecule has 5 heteroatoms. The highest BCUT2D eigenvalue weighted by Gasteiger charge is 2.22. The highest BCUT2D eigenvalue weighted by atomic mass is 32.1. The summed E-state index contributed by atoms with van der Waals surface area (Å²) in [6.45, 7) is 6.18. The second-order valence-corrected chi connectivity index (χ2v) is 7.01. The number of aliphatic imine (C=N–C) groups is 1. The van der Waals surface area contributed by atoms with Crippen LogP contribution in [0.25, 0.3) is 0 Å². The fourth-order valence-electron chi connectivity index (χ4n) is 3.06. The summed E-state index contributed by atoms with van der Waals surface area (Å²) in [7, 11) is 1.85. The Labute approximate surface area is 142 Å². The minimum Gasteiger partial charge on any atom is -0.356 e. The van der Waals surface area contributed by atoms with E-state index in [1.165, 1.54) is 26.8 Å². The average Bonchev–Trinajstić information content (AvgIpc) is 3.15. The molecule has 0 amide bonds. The summed E-state index contributed by atoms with van der Waals surface area (Å²) in [6.07, 6.45) is 3.05.